The van der Waals surface area contributed by atoms with Gasteiger partial charge in [0.05, 0.1) is 27.7 Å². The van der Waals surface area contributed by atoms with Crippen LogP contribution >= 0.6 is 5.47 Å². The van der Waals surface area contributed by atoms with E-state index in [-0.39, 0.29) is 0 Å². The van der Waals surface area contributed by atoms with Gasteiger partial charge in [-0.2, -0.15) is 0 Å². The Labute approximate surface area is 117 Å². The molecule has 1 saturated carbocycles. The molecule has 0 bridgehead atoms. The maximum absolute atomic E-state index is 5.83. The van der Waals surface area contributed by atoms with Gasteiger partial charge in [-0.25, -0.2) is 0 Å². The minimum absolute atomic E-state index is 0.719. The molecule has 1 rings (SSSR count). The van der Waals surface area contributed by atoms with Crippen molar-refractivity contribution in [3.05, 3.63) is 0 Å². The highest BCUT2D eigenvalue weighted by Gasteiger charge is 2.17. The van der Waals surface area contributed by atoms with E-state index in [1.807, 2.05) is 0 Å². The van der Waals surface area contributed by atoms with Crippen molar-refractivity contribution in [3.63, 3.8) is 0 Å². The van der Waals surface area contributed by atoms with Crippen molar-refractivity contribution in [2.45, 2.75) is 32.1 Å². The summed E-state index contributed by atoms with van der Waals surface area (Å²) in [5, 5.41) is 0. The van der Waals surface area contributed by atoms with E-state index < -0.39 is 5.47 Å². The lowest BCUT2D eigenvalue weighted by Crippen LogP contribution is -2.37. The van der Waals surface area contributed by atoms with E-state index in [0.717, 1.165) is 29.7 Å². The van der Waals surface area contributed by atoms with Crippen molar-refractivity contribution in [3.8, 4) is 0 Å². The highest BCUT2D eigenvalue weighted by Crippen LogP contribution is 2.48. The third kappa shape index (κ3) is 7.84. The van der Waals surface area contributed by atoms with Crippen LogP contribution in [0.15, 0.2) is 0 Å². The van der Waals surface area contributed by atoms with Gasteiger partial charge in [-0.1, -0.05) is 49.4 Å². The van der Waals surface area contributed by atoms with Gasteiger partial charge in [-0.3, -0.25) is 0 Å². The summed E-state index contributed by atoms with van der Waals surface area (Å²) in [4.78, 5) is 0. The zero-order valence-corrected chi connectivity index (χ0v) is 13.9. The summed E-state index contributed by atoms with van der Waals surface area (Å²) in [6.45, 7) is 1.71. The van der Waals surface area contributed by atoms with Crippen LogP contribution in [0.5, 0.6) is 0 Å². The molecule has 0 N–H and O–H groups in total. The molecule has 1 aliphatic carbocycles. The Hall–Kier alpha value is 0.920. The summed E-state index contributed by atoms with van der Waals surface area (Å²) in [7, 11) is 6.49. The van der Waals surface area contributed by atoms with Crippen LogP contribution in [-0.2, 0) is 28.6 Å². The Morgan fingerprint density at radius 2 is 1.82 bits per heavy atom. The lowest BCUT2D eigenvalue weighted by molar-refractivity contribution is -0.870. The lowest BCUT2D eigenvalue weighted by Gasteiger charge is -2.35. The zero-order chi connectivity index (χ0) is 12.9. The molecule has 0 aromatic heterocycles. The molecule has 1 aliphatic rings. The smallest absolute Gasteiger partial charge is 0.102 e. The van der Waals surface area contributed by atoms with Crippen LogP contribution < -0.4 is 0 Å². The third-order valence-electron chi connectivity index (χ3n) is 3.26. The monoisotopic (exact) mass is 295 g/mol. The predicted octanol–water partition coefficient (Wildman–Crippen LogP) is 3.15. The second-order valence-electron chi connectivity index (χ2n) is 6.14. The van der Waals surface area contributed by atoms with E-state index in [2.05, 4.69) is 21.1 Å². The van der Waals surface area contributed by atoms with Crippen molar-refractivity contribution in [1.29, 1.82) is 0 Å². The maximum Gasteiger partial charge on any atom is 0.102 e. The van der Waals surface area contributed by atoms with Gasteiger partial charge in [0.25, 0.3) is 0 Å². The highest BCUT2D eigenvalue weighted by molar-refractivity contribution is 8.53. The van der Waals surface area contributed by atoms with E-state index in [1.54, 1.807) is 0 Å². The molecule has 0 spiro atoms. The van der Waals surface area contributed by atoms with Gasteiger partial charge < -0.3 is 21.3 Å². The van der Waals surface area contributed by atoms with Gasteiger partial charge in [0.2, 0.25) is 0 Å². The summed E-state index contributed by atoms with van der Waals surface area (Å²) in [6, 6.07) is 0. The number of quaternary nitrogens is 1. The van der Waals surface area contributed by atoms with Gasteiger partial charge in [0, 0.05) is 0 Å². The molecular weight excluding hydrogens is 269 g/mol. The molecule has 5 heteroatoms. The minimum atomic E-state index is -1.94. The van der Waals surface area contributed by atoms with Gasteiger partial charge in [-0.05, 0) is 12.1 Å². The van der Waals surface area contributed by atoms with Gasteiger partial charge in [0.15, 0.2) is 0 Å². The Kier molecular flexibility index (Phi) is 6.49. The molecule has 2 nitrogen and oxygen atoms in total. The maximum atomic E-state index is 5.83. The number of hydrogen-bond acceptors (Lipinski definition) is 3. The first-order valence-electron chi connectivity index (χ1n) is 6.54. The second kappa shape index (κ2) is 6.91. The SMILES string of the molecule is C[N+](C)(C)CCOP(=S)([S-])CC1CCCCC1. The van der Waals surface area contributed by atoms with E-state index >= 15 is 0 Å². The number of nitrogens with zero attached hydrogens (tertiary/aromatic N) is 1. The van der Waals surface area contributed by atoms with Crippen molar-refractivity contribution < 1.29 is 9.01 Å². The number of likely N-dealkylation sites (N-methyl/N-ethyl adjacent to an activating group) is 1. The van der Waals surface area contributed by atoms with Crippen LogP contribution in [0.1, 0.15) is 32.1 Å². The van der Waals surface area contributed by atoms with Crippen LogP contribution in [0.25, 0.3) is 0 Å². The third-order valence-corrected chi connectivity index (χ3v) is 6.32. The summed E-state index contributed by atoms with van der Waals surface area (Å²) in [6.07, 6.45) is 7.71. The fourth-order valence-corrected chi connectivity index (χ4v) is 5.37. The second-order valence-corrected chi connectivity index (χ2v) is 12.2. The Balaban J connectivity index is 2.27. The van der Waals surface area contributed by atoms with Crippen LogP contribution in [-0.4, -0.2) is 44.9 Å². The largest absolute Gasteiger partial charge is 0.719 e. The zero-order valence-electron chi connectivity index (χ0n) is 11.4. The Bertz CT molecular complexity index is 272. The van der Waals surface area contributed by atoms with Gasteiger partial charge in [0.1, 0.15) is 6.54 Å². The Morgan fingerprint density at radius 1 is 1.24 bits per heavy atom. The molecule has 0 amide bonds. The fourth-order valence-electron chi connectivity index (χ4n) is 2.19. The van der Waals surface area contributed by atoms with Crippen LogP contribution in [0.2, 0.25) is 0 Å². The quantitative estimate of drug-likeness (QED) is 0.423. The molecule has 17 heavy (non-hydrogen) atoms. The van der Waals surface area contributed by atoms with Crippen LogP contribution in [0.4, 0.5) is 0 Å². The standard InChI is InChI=1S/C12H26NOPS2/c1-13(2,3)9-10-14-15(16,17)11-12-7-5-4-6-8-12/h12H,4-11H2,1-3H3. The van der Waals surface area contributed by atoms with Crippen LogP contribution in [0, 0.1) is 5.92 Å². The van der Waals surface area contributed by atoms with E-state index in [9.17, 15) is 0 Å². The molecule has 0 heterocycles. The first kappa shape index (κ1) is 16.0. The average molecular weight is 295 g/mol. The summed E-state index contributed by atoms with van der Waals surface area (Å²) in [5.41, 5.74) is -1.94. The minimum Gasteiger partial charge on any atom is -0.719 e. The van der Waals surface area contributed by atoms with Crippen molar-refractivity contribution in [2.75, 3.05) is 40.5 Å². The predicted molar refractivity (Wildman–Crippen MR) is 81.9 cm³/mol. The molecular formula is C12H26NOPS2. The van der Waals surface area contributed by atoms with Crippen LogP contribution in [0.3, 0.4) is 0 Å². The molecule has 1 atom stereocenters. The number of hydrogen-bond donors (Lipinski definition) is 0. The molecule has 0 saturated heterocycles. The topological polar surface area (TPSA) is 9.23 Å². The van der Waals surface area contributed by atoms with Crippen molar-refractivity contribution >= 4 is 29.5 Å². The van der Waals surface area contributed by atoms with E-state index in [0.29, 0.717) is 0 Å². The highest BCUT2D eigenvalue weighted by atomic mass is 32.9. The summed E-state index contributed by atoms with van der Waals surface area (Å²) < 4.78 is 6.74. The molecule has 0 aromatic carbocycles. The molecule has 0 aromatic rings. The molecule has 0 radical (unpaired) electrons. The number of rotatable bonds is 6. The fraction of sp³-hybridized carbons (Fsp3) is 1.00. The average Bonchev–Trinajstić information content (AvgIpc) is 2.15. The lowest BCUT2D eigenvalue weighted by atomic mass is 9.91. The molecule has 1 unspecified atom stereocenters. The molecule has 0 aliphatic heterocycles. The summed E-state index contributed by atoms with van der Waals surface area (Å²) >= 11 is 11.0. The first-order valence-corrected chi connectivity index (χ1v) is 10.5. The van der Waals surface area contributed by atoms with E-state index in [4.69, 9.17) is 28.6 Å². The first-order chi connectivity index (χ1) is 7.79. The van der Waals surface area contributed by atoms with E-state index in [1.165, 1.54) is 32.1 Å². The van der Waals surface area contributed by atoms with Gasteiger partial charge in [-0.15, -0.1) is 0 Å². The molecule has 102 valence electrons. The van der Waals surface area contributed by atoms with Crippen molar-refractivity contribution in [1.82, 2.24) is 0 Å². The van der Waals surface area contributed by atoms with Crippen molar-refractivity contribution in [2.24, 2.45) is 5.92 Å². The normalized spacial score (nSPS) is 22.4. The summed E-state index contributed by atoms with van der Waals surface area (Å²) in [5.74, 6) is 0.746. The van der Waals surface area contributed by atoms with Gasteiger partial charge >= 0.3 is 0 Å². The molecule has 1 fully saturated rings. The Morgan fingerprint density at radius 3 is 2.35 bits per heavy atom.